The highest BCUT2D eigenvalue weighted by molar-refractivity contribution is 5.91. The predicted octanol–water partition coefficient (Wildman–Crippen LogP) is 3.09. The highest BCUT2D eigenvalue weighted by atomic mass is 19.4. The highest BCUT2D eigenvalue weighted by Crippen LogP contribution is 2.32. The van der Waals surface area contributed by atoms with E-state index in [1.807, 2.05) is 0 Å². The Hall–Kier alpha value is -2.37. The van der Waals surface area contributed by atoms with Crippen molar-refractivity contribution < 1.29 is 36.6 Å². The van der Waals surface area contributed by atoms with Crippen LogP contribution in [0.1, 0.15) is 27.9 Å². The van der Waals surface area contributed by atoms with Gasteiger partial charge in [0.1, 0.15) is 11.8 Å². The zero-order chi connectivity index (χ0) is 14.8. The number of ether oxygens (including phenoxy) is 1. The number of alkyl halides is 5. The van der Waals surface area contributed by atoms with Crippen molar-refractivity contribution in [2.45, 2.75) is 12.8 Å². The standard InChI is InChI=1S/C10H4F5NO3/c11-8(12)5-1-4(19-10(13,14)15)2-6(9(17)18)7(5)3-16/h1-2,8H,(H,17,18). The molecule has 1 rings (SSSR count). The Morgan fingerprint density at radius 3 is 2.32 bits per heavy atom. The Bertz CT molecular complexity index is 547. The van der Waals surface area contributed by atoms with Gasteiger partial charge >= 0.3 is 12.3 Å². The summed E-state index contributed by atoms with van der Waals surface area (Å²) >= 11 is 0. The van der Waals surface area contributed by atoms with Crippen molar-refractivity contribution in [1.29, 1.82) is 5.26 Å². The van der Waals surface area contributed by atoms with E-state index in [1.165, 1.54) is 6.07 Å². The molecule has 1 aromatic carbocycles. The summed E-state index contributed by atoms with van der Waals surface area (Å²) < 4.78 is 64.5. The zero-order valence-corrected chi connectivity index (χ0v) is 8.83. The van der Waals surface area contributed by atoms with Crippen molar-refractivity contribution in [3.8, 4) is 11.8 Å². The van der Waals surface area contributed by atoms with E-state index in [4.69, 9.17) is 10.4 Å². The smallest absolute Gasteiger partial charge is 0.478 e. The van der Waals surface area contributed by atoms with E-state index >= 15 is 0 Å². The summed E-state index contributed by atoms with van der Waals surface area (Å²) in [5, 5.41) is 17.3. The van der Waals surface area contributed by atoms with Crippen LogP contribution in [0.5, 0.6) is 5.75 Å². The first kappa shape index (κ1) is 14.7. The van der Waals surface area contributed by atoms with E-state index in [0.717, 1.165) is 0 Å². The van der Waals surface area contributed by atoms with Gasteiger partial charge in [-0.3, -0.25) is 0 Å². The molecule has 0 aromatic heterocycles. The Balaban J connectivity index is 3.47. The molecule has 4 nitrogen and oxygen atoms in total. The first-order chi connectivity index (χ1) is 8.65. The van der Waals surface area contributed by atoms with Gasteiger partial charge in [-0.15, -0.1) is 13.2 Å². The maximum Gasteiger partial charge on any atom is 0.573 e. The molecule has 0 unspecified atom stereocenters. The summed E-state index contributed by atoms with van der Waals surface area (Å²) in [7, 11) is 0. The number of carboxylic acids is 1. The van der Waals surface area contributed by atoms with Crippen LogP contribution in [-0.4, -0.2) is 17.4 Å². The van der Waals surface area contributed by atoms with Crippen molar-refractivity contribution in [2.75, 3.05) is 0 Å². The molecule has 0 atom stereocenters. The number of nitrogens with zero attached hydrogens (tertiary/aromatic N) is 1. The molecule has 0 aliphatic carbocycles. The number of hydrogen-bond acceptors (Lipinski definition) is 3. The van der Waals surface area contributed by atoms with Crippen LogP contribution in [0.2, 0.25) is 0 Å². The number of hydrogen-bond donors (Lipinski definition) is 1. The normalized spacial score (nSPS) is 11.2. The van der Waals surface area contributed by atoms with Crippen LogP contribution in [0.3, 0.4) is 0 Å². The van der Waals surface area contributed by atoms with Gasteiger partial charge in [0.15, 0.2) is 0 Å². The lowest BCUT2D eigenvalue weighted by Crippen LogP contribution is -2.18. The monoisotopic (exact) mass is 281 g/mol. The summed E-state index contributed by atoms with van der Waals surface area (Å²) in [5.41, 5.74) is -3.03. The molecule has 102 valence electrons. The van der Waals surface area contributed by atoms with Gasteiger partial charge in [-0.05, 0) is 12.1 Å². The van der Waals surface area contributed by atoms with Crippen LogP contribution in [0, 0.1) is 11.3 Å². The average molecular weight is 281 g/mol. The molecule has 0 radical (unpaired) electrons. The molecule has 1 N–H and O–H groups in total. The topological polar surface area (TPSA) is 70.3 Å². The van der Waals surface area contributed by atoms with Gasteiger partial charge in [0, 0.05) is 5.56 Å². The number of benzene rings is 1. The van der Waals surface area contributed by atoms with Crippen molar-refractivity contribution in [1.82, 2.24) is 0 Å². The third kappa shape index (κ3) is 3.54. The maximum absolute atomic E-state index is 12.6. The minimum atomic E-state index is -5.16. The van der Waals surface area contributed by atoms with Crippen LogP contribution < -0.4 is 4.74 Å². The van der Waals surface area contributed by atoms with E-state index in [1.54, 1.807) is 0 Å². The van der Waals surface area contributed by atoms with E-state index in [-0.39, 0.29) is 6.07 Å². The lowest BCUT2D eigenvalue weighted by molar-refractivity contribution is -0.274. The van der Waals surface area contributed by atoms with Crippen LogP contribution in [0.25, 0.3) is 0 Å². The second kappa shape index (κ2) is 5.09. The maximum atomic E-state index is 12.6. The molecular formula is C10H4F5NO3. The molecule has 0 spiro atoms. The molecule has 0 saturated carbocycles. The molecule has 9 heteroatoms. The number of nitriles is 1. The van der Waals surface area contributed by atoms with Gasteiger partial charge < -0.3 is 9.84 Å². The molecule has 1 aromatic rings. The second-order valence-corrected chi connectivity index (χ2v) is 3.20. The molecular weight excluding hydrogens is 277 g/mol. The number of carbonyl (C=O) groups is 1. The summed E-state index contributed by atoms with van der Waals surface area (Å²) in [6.07, 6.45) is -8.48. The predicted molar refractivity (Wildman–Crippen MR) is 49.8 cm³/mol. The van der Waals surface area contributed by atoms with E-state index in [0.29, 0.717) is 6.07 Å². The van der Waals surface area contributed by atoms with Gasteiger partial charge in [-0.2, -0.15) is 5.26 Å². The van der Waals surface area contributed by atoms with Crippen LogP contribution in [0.15, 0.2) is 12.1 Å². The quantitative estimate of drug-likeness (QED) is 0.864. The molecule has 0 bridgehead atoms. The average Bonchev–Trinajstić information content (AvgIpc) is 2.25. The van der Waals surface area contributed by atoms with E-state index < -0.39 is 41.2 Å². The molecule has 0 aliphatic heterocycles. The van der Waals surface area contributed by atoms with Crippen molar-refractivity contribution in [3.63, 3.8) is 0 Å². The lowest BCUT2D eigenvalue weighted by Gasteiger charge is -2.12. The number of rotatable bonds is 3. The van der Waals surface area contributed by atoms with E-state index in [2.05, 4.69) is 4.74 Å². The molecule has 0 heterocycles. The van der Waals surface area contributed by atoms with Crippen molar-refractivity contribution in [3.05, 3.63) is 28.8 Å². The van der Waals surface area contributed by atoms with Gasteiger partial charge in [-0.25, -0.2) is 13.6 Å². The molecule has 0 saturated heterocycles. The summed E-state index contributed by atoms with van der Waals surface area (Å²) in [6, 6.07) is 1.86. The molecule has 0 amide bonds. The fourth-order valence-electron chi connectivity index (χ4n) is 1.30. The fraction of sp³-hybridized carbons (Fsp3) is 0.200. The number of aromatic carboxylic acids is 1. The highest BCUT2D eigenvalue weighted by Gasteiger charge is 2.33. The van der Waals surface area contributed by atoms with Gasteiger partial charge in [0.05, 0.1) is 11.1 Å². The largest absolute Gasteiger partial charge is 0.573 e. The zero-order valence-electron chi connectivity index (χ0n) is 8.83. The SMILES string of the molecule is N#Cc1c(C(=O)O)cc(OC(F)(F)F)cc1C(F)F. The Kier molecular flexibility index (Phi) is 3.94. The van der Waals surface area contributed by atoms with Crippen molar-refractivity contribution in [2.24, 2.45) is 0 Å². The third-order valence-electron chi connectivity index (χ3n) is 1.95. The Morgan fingerprint density at radius 2 is 1.95 bits per heavy atom. The van der Waals surface area contributed by atoms with Crippen LogP contribution in [0.4, 0.5) is 22.0 Å². The first-order valence-corrected chi connectivity index (χ1v) is 4.51. The van der Waals surface area contributed by atoms with Crippen LogP contribution in [-0.2, 0) is 0 Å². The van der Waals surface area contributed by atoms with Gasteiger partial charge in [0.2, 0.25) is 0 Å². The molecule has 19 heavy (non-hydrogen) atoms. The summed E-state index contributed by atoms with van der Waals surface area (Å²) in [4.78, 5) is 10.7. The molecule has 0 fully saturated rings. The molecule has 0 aliphatic rings. The number of carboxylic acid groups (broad SMARTS) is 1. The Labute approximate surface area is 102 Å². The van der Waals surface area contributed by atoms with Crippen LogP contribution >= 0.6 is 0 Å². The minimum Gasteiger partial charge on any atom is -0.478 e. The first-order valence-electron chi connectivity index (χ1n) is 4.51. The minimum absolute atomic E-state index is 0.281. The van der Waals surface area contributed by atoms with E-state index in [9.17, 15) is 26.7 Å². The fourth-order valence-corrected chi connectivity index (χ4v) is 1.30. The Morgan fingerprint density at radius 1 is 1.37 bits per heavy atom. The third-order valence-corrected chi connectivity index (χ3v) is 1.95. The van der Waals surface area contributed by atoms with Gasteiger partial charge in [0.25, 0.3) is 6.43 Å². The number of halogens is 5. The van der Waals surface area contributed by atoms with Crippen molar-refractivity contribution >= 4 is 5.97 Å². The summed E-state index contributed by atoms with van der Waals surface area (Å²) in [5.74, 6) is -2.94. The van der Waals surface area contributed by atoms with Gasteiger partial charge in [-0.1, -0.05) is 0 Å². The summed E-state index contributed by atoms with van der Waals surface area (Å²) in [6.45, 7) is 0. The second-order valence-electron chi connectivity index (χ2n) is 3.20. The lowest BCUT2D eigenvalue weighted by atomic mass is 10.0.